The standard InChI is InChI=1S/C21H16N2O3/c1-2-14-8-10-16(11-9-14)22-23-18-12-17(19(24)13-20(18)25)21(26)15-6-4-3-5-7-15/h2-13,24-25H,1H2. The molecule has 26 heavy (non-hydrogen) atoms. The van der Waals surface area contributed by atoms with E-state index >= 15 is 0 Å². The monoisotopic (exact) mass is 344 g/mol. The second kappa shape index (κ2) is 7.44. The van der Waals surface area contributed by atoms with Crippen molar-refractivity contribution in [3.63, 3.8) is 0 Å². The summed E-state index contributed by atoms with van der Waals surface area (Å²) in [5.74, 6) is -0.945. The van der Waals surface area contributed by atoms with Crippen molar-refractivity contribution in [2.24, 2.45) is 10.2 Å². The Balaban J connectivity index is 1.93. The summed E-state index contributed by atoms with van der Waals surface area (Å²) < 4.78 is 0. The third-order valence-electron chi connectivity index (χ3n) is 3.78. The number of rotatable bonds is 5. The van der Waals surface area contributed by atoms with Gasteiger partial charge in [-0.15, -0.1) is 5.11 Å². The highest BCUT2D eigenvalue weighted by atomic mass is 16.3. The van der Waals surface area contributed by atoms with E-state index in [0.29, 0.717) is 11.3 Å². The topological polar surface area (TPSA) is 82.2 Å². The van der Waals surface area contributed by atoms with E-state index in [1.807, 2.05) is 12.1 Å². The van der Waals surface area contributed by atoms with Gasteiger partial charge in [0.05, 0.1) is 11.3 Å². The van der Waals surface area contributed by atoms with E-state index < -0.39 is 0 Å². The molecule has 5 heteroatoms. The van der Waals surface area contributed by atoms with E-state index in [1.54, 1.807) is 48.5 Å². The average molecular weight is 344 g/mol. The smallest absolute Gasteiger partial charge is 0.196 e. The molecule has 0 heterocycles. The van der Waals surface area contributed by atoms with Crippen LogP contribution in [0.25, 0.3) is 6.08 Å². The third-order valence-corrected chi connectivity index (χ3v) is 3.78. The highest BCUT2D eigenvalue weighted by molar-refractivity contribution is 6.11. The summed E-state index contributed by atoms with van der Waals surface area (Å²) in [6.07, 6.45) is 1.72. The van der Waals surface area contributed by atoms with Gasteiger partial charge < -0.3 is 10.2 Å². The summed E-state index contributed by atoms with van der Waals surface area (Å²) in [5.41, 5.74) is 2.10. The Kier molecular flexibility index (Phi) is 4.90. The minimum Gasteiger partial charge on any atom is -0.507 e. The van der Waals surface area contributed by atoms with Crippen LogP contribution in [0, 0.1) is 0 Å². The molecule has 3 rings (SSSR count). The summed E-state index contributed by atoms with van der Waals surface area (Å²) in [7, 11) is 0. The quantitative estimate of drug-likeness (QED) is 0.481. The molecule has 2 N–H and O–H groups in total. The van der Waals surface area contributed by atoms with Crippen molar-refractivity contribution in [1.29, 1.82) is 0 Å². The van der Waals surface area contributed by atoms with Crippen LogP contribution in [0.4, 0.5) is 11.4 Å². The Hall–Kier alpha value is -3.73. The molecule has 0 aliphatic carbocycles. The minimum absolute atomic E-state index is 0.0463. The molecule has 0 aromatic heterocycles. The van der Waals surface area contributed by atoms with Crippen LogP contribution in [0.15, 0.2) is 83.5 Å². The largest absolute Gasteiger partial charge is 0.507 e. The van der Waals surface area contributed by atoms with Crippen LogP contribution >= 0.6 is 0 Å². The fourth-order valence-electron chi connectivity index (χ4n) is 2.36. The van der Waals surface area contributed by atoms with Gasteiger partial charge in [0, 0.05) is 11.6 Å². The molecule has 0 radical (unpaired) electrons. The van der Waals surface area contributed by atoms with Gasteiger partial charge in [0.15, 0.2) is 5.78 Å². The number of phenolic OH excluding ortho intramolecular Hbond substituents is 2. The fraction of sp³-hybridized carbons (Fsp3) is 0. The molecule has 0 saturated carbocycles. The predicted molar refractivity (Wildman–Crippen MR) is 100 cm³/mol. The molecular weight excluding hydrogens is 328 g/mol. The van der Waals surface area contributed by atoms with Gasteiger partial charge >= 0.3 is 0 Å². The summed E-state index contributed by atoms with van der Waals surface area (Å²) in [4.78, 5) is 12.6. The van der Waals surface area contributed by atoms with Crippen molar-refractivity contribution >= 4 is 23.2 Å². The zero-order valence-corrected chi connectivity index (χ0v) is 13.8. The van der Waals surface area contributed by atoms with Crippen LogP contribution in [0.5, 0.6) is 11.5 Å². The lowest BCUT2D eigenvalue weighted by Crippen LogP contribution is -2.01. The van der Waals surface area contributed by atoms with E-state index in [4.69, 9.17) is 0 Å². The first-order valence-corrected chi connectivity index (χ1v) is 7.88. The first kappa shape index (κ1) is 17.1. The zero-order valence-electron chi connectivity index (χ0n) is 13.8. The maximum absolute atomic E-state index is 12.6. The van der Waals surface area contributed by atoms with Gasteiger partial charge in [0.1, 0.15) is 17.2 Å². The predicted octanol–water partition coefficient (Wildman–Crippen LogP) is 5.39. The van der Waals surface area contributed by atoms with Crippen molar-refractivity contribution < 1.29 is 15.0 Å². The maximum Gasteiger partial charge on any atom is 0.196 e. The molecule has 0 atom stereocenters. The molecule has 0 saturated heterocycles. The number of carbonyl (C=O) groups excluding carboxylic acids is 1. The Bertz CT molecular complexity index is 978. The number of benzene rings is 3. The Morgan fingerprint density at radius 1 is 0.885 bits per heavy atom. The van der Waals surface area contributed by atoms with Crippen molar-refractivity contribution in [3.8, 4) is 11.5 Å². The first-order chi connectivity index (χ1) is 12.6. The highest BCUT2D eigenvalue weighted by Crippen LogP contribution is 2.35. The van der Waals surface area contributed by atoms with E-state index in [9.17, 15) is 15.0 Å². The number of hydrogen-bond acceptors (Lipinski definition) is 5. The molecule has 3 aromatic rings. The van der Waals surface area contributed by atoms with Gasteiger partial charge in [-0.2, -0.15) is 5.11 Å². The molecule has 0 aliphatic rings. The van der Waals surface area contributed by atoms with Crippen LogP contribution in [-0.4, -0.2) is 16.0 Å². The number of nitrogens with zero attached hydrogens (tertiary/aromatic N) is 2. The van der Waals surface area contributed by atoms with Gasteiger partial charge in [-0.05, 0) is 23.8 Å². The van der Waals surface area contributed by atoms with E-state index in [-0.39, 0.29) is 28.5 Å². The van der Waals surface area contributed by atoms with Crippen LogP contribution < -0.4 is 0 Å². The normalized spacial score (nSPS) is 10.8. The SMILES string of the molecule is C=Cc1ccc(N=Nc2cc(C(=O)c3ccccc3)c(O)cc2O)cc1. The van der Waals surface area contributed by atoms with Crippen LogP contribution in [0.1, 0.15) is 21.5 Å². The van der Waals surface area contributed by atoms with E-state index in [2.05, 4.69) is 16.8 Å². The van der Waals surface area contributed by atoms with Crippen molar-refractivity contribution in [1.82, 2.24) is 0 Å². The van der Waals surface area contributed by atoms with Crippen LogP contribution in [0.2, 0.25) is 0 Å². The van der Waals surface area contributed by atoms with Crippen LogP contribution in [-0.2, 0) is 0 Å². The third kappa shape index (κ3) is 3.67. The van der Waals surface area contributed by atoms with Gasteiger partial charge in [0.25, 0.3) is 0 Å². The number of ketones is 1. The highest BCUT2D eigenvalue weighted by Gasteiger charge is 2.16. The summed E-state index contributed by atoms with van der Waals surface area (Å²) >= 11 is 0. The first-order valence-electron chi connectivity index (χ1n) is 7.88. The molecule has 0 unspecified atom stereocenters. The lowest BCUT2D eigenvalue weighted by molar-refractivity contribution is 0.103. The van der Waals surface area contributed by atoms with Crippen molar-refractivity contribution in [3.05, 3.63) is 90.0 Å². The summed E-state index contributed by atoms with van der Waals surface area (Å²) in [6.45, 7) is 3.68. The molecule has 0 spiro atoms. The van der Waals surface area contributed by atoms with Gasteiger partial charge in [-0.1, -0.05) is 55.1 Å². The molecule has 0 bridgehead atoms. The molecular formula is C21H16N2O3. The molecule has 0 fully saturated rings. The molecule has 3 aromatic carbocycles. The zero-order chi connectivity index (χ0) is 18.5. The Morgan fingerprint density at radius 2 is 1.58 bits per heavy atom. The van der Waals surface area contributed by atoms with Crippen LogP contribution in [0.3, 0.4) is 0 Å². The van der Waals surface area contributed by atoms with Crippen molar-refractivity contribution in [2.75, 3.05) is 0 Å². The molecule has 0 aliphatic heterocycles. The number of azo groups is 1. The lowest BCUT2D eigenvalue weighted by atomic mass is 10.0. The second-order valence-corrected chi connectivity index (χ2v) is 5.55. The van der Waals surface area contributed by atoms with E-state index in [1.165, 1.54) is 6.07 Å². The summed E-state index contributed by atoms with van der Waals surface area (Å²) in [6, 6.07) is 18.2. The Morgan fingerprint density at radius 3 is 2.23 bits per heavy atom. The second-order valence-electron chi connectivity index (χ2n) is 5.55. The number of carbonyl (C=O) groups is 1. The fourth-order valence-corrected chi connectivity index (χ4v) is 2.36. The van der Waals surface area contributed by atoms with E-state index in [0.717, 1.165) is 11.6 Å². The lowest BCUT2D eigenvalue weighted by Gasteiger charge is -2.06. The number of phenols is 2. The van der Waals surface area contributed by atoms with Gasteiger partial charge in [-0.25, -0.2) is 0 Å². The van der Waals surface area contributed by atoms with Gasteiger partial charge in [-0.3, -0.25) is 4.79 Å². The Labute approximate surface area is 150 Å². The van der Waals surface area contributed by atoms with Crippen molar-refractivity contribution in [2.45, 2.75) is 0 Å². The average Bonchev–Trinajstić information content (AvgIpc) is 2.68. The molecule has 5 nitrogen and oxygen atoms in total. The molecule has 128 valence electrons. The number of aromatic hydroxyl groups is 2. The summed E-state index contributed by atoms with van der Waals surface area (Å²) in [5, 5.41) is 28.1. The van der Waals surface area contributed by atoms with Gasteiger partial charge in [0.2, 0.25) is 0 Å². The minimum atomic E-state index is -0.366. The maximum atomic E-state index is 12.6. The number of hydrogen-bond donors (Lipinski definition) is 2. The molecule has 0 amide bonds.